The Morgan fingerprint density at radius 1 is 1.44 bits per heavy atom. The van der Waals surface area contributed by atoms with Crippen molar-refractivity contribution < 1.29 is 0 Å². The minimum absolute atomic E-state index is 0.606. The molecular weight excluding hydrogens is 228 g/mol. The van der Waals surface area contributed by atoms with Crippen LogP contribution in [0.5, 0.6) is 0 Å². The molecule has 0 radical (unpaired) electrons. The van der Waals surface area contributed by atoms with E-state index in [2.05, 4.69) is 21.6 Å². The molecular formula is C12H16N6. The number of anilines is 1. The van der Waals surface area contributed by atoms with Crippen LogP contribution in [0, 0.1) is 25.2 Å². The highest BCUT2D eigenvalue weighted by Gasteiger charge is 2.11. The van der Waals surface area contributed by atoms with E-state index in [4.69, 9.17) is 5.26 Å². The number of nitrogens with zero attached hydrogens (tertiary/aromatic N) is 5. The quantitative estimate of drug-likeness (QED) is 0.877. The first-order valence-corrected chi connectivity index (χ1v) is 5.78. The van der Waals surface area contributed by atoms with Crippen molar-refractivity contribution in [3.05, 3.63) is 29.2 Å². The van der Waals surface area contributed by atoms with Crippen LogP contribution in [0.25, 0.3) is 0 Å². The lowest BCUT2D eigenvalue weighted by atomic mass is 10.2. The molecule has 0 bridgehead atoms. The number of nitriles is 1. The SMILES string of the molecule is Cc1cnn(CCNc2c(C#N)c(C)nn2C)c1. The van der Waals surface area contributed by atoms with Gasteiger partial charge in [-0.2, -0.15) is 15.5 Å². The van der Waals surface area contributed by atoms with Gasteiger partial charge in [0.05, 0.1) is 18.4 Å². The summed E-state index contributed by atoms with van der Waals surface area (Å²) < 4.78 is 3.57. The molecule has 0 spiro atoms. The van der Waals surface area contributed by atoms with Crippen molar-refractivity contribution in [1.29, 1.82) is 5.26 Å². The molecule has 0 aliphatic carbocycles. The van der Waals surface area contributed by atoms with Crippen LogP contribution in [0.15, 0.2) is 12.4 Å². The van der Waals surface area contributed by atoms with E-state index in [1.807, 2.05) is 38.0 Å². The van der Waals surface area contributed by atoms with Crippen molar-refractivity contribution >= 4 is 5.82 Å². The van der Waals surface area contributed by atoms with E-state index in [9.17, 15) is 0 Å². The largest absolute Gasteiger partial charge is 0.367 e. The van der Waals surface area contributed by atoms with Crippen molar-refractivity contribution in [2.24, 2.45) is 7.05 Å². The van der Waals surface area contributed by atoms with Crippen molar-refractivity contribution in [2.75, 3.05) is 11.9 Å². The second-order valence-corrected chi connectivity index (χ2v) is 4.25. The van der Waals surface area contributed by atoms with Crippen molar-refractivity contribution in [1.82, 2.24) is 19.6 Å². The number of rotatable bonds is 4. The molecule has 0 aliphatic heterocycles. The zero-order valence-corrected chi connectivity index (χ0v) is 10.8. The summed E-state index contributed by atoms with van der Waals surface area (Å²) in [7, 11) is 1.83. The molecule has 0 fully saturated rings. The number of hydrogen-bond donors (Lipinski definition) is 1. The molecule has 0 atom stereocenters. The normalized spacial score (nSPS) is 10.3. The van der Waals surface area contributed by atoms with E-state index < -0.39 is 0 Å². The summed E-state index contributed by atoms with van der Waals surface area (Å²) in [5.41, 5.74) is 2.50. The third kappa shape index (κ3) is 2.35. The van der Waals surface area contributed by atoms with E-state index in [-0.39, 0.29) is 0 Å². The second kappa shape index (κ2) is 4.92. The fourth-order valence-electron chi connectivity index (χ4n) is 1.87. The van der Waals surface area contributed by atoms with Crippen LogP contribution in [0.4, 0.5) is 5.82 Å². The Kier molecular flexibility index (Phi) is 3.33. The Morgan fingerprint density at radius 3 is 2.83 bits per heavy atom. The third-order valence-corrected chi connectivity index (χ3v) is 2.73. The first-order valence-electron chi connectivity index (χ1n) is 5.78. The highest BCUT2D eigenvalue weighted by molar-refractivity contribution is 5.54. The first-order chi connectivity index (χ1) is 8.61. The lowest BCUT2D eigenvalue weighted by Gasteiger charge is -2.07. The smallest absolute Gasteiger partial charge is 0.142 e. The number of nitrogens with one attached hydrogen (secondary N) is 1. The molecule has 2 rings (SSSR count). The summed E-state index contributed by atoms with van der Waals surface area (Å²) in [4.78, 5) is 0. The Morgan fingerprint density at radius 2 is 2.22 bits per heavy atom. The Hall–Kier alpha value is -2.29. The topological polar surface area (TPSA) is 71.5 Å². The molecule has 94 valence electrons. The highest BCUT2D eigenvalue weighted by Crippen LogP contribution is 2.16. The molecule has 2 heterocycles. The van der Waals surface area contributed by atoms with E-state index in [0.717, 1.165) is 23.6 Å². The minimum atomic E-state index is 0.606. The first kappa shape index (κ1) is 12.2. The van der Waals surface area contributed by atoms with Gasteiger partial charge in [0, 0.05) is 19.8 Å². The van der Waals surface area contributed by atoms with Crippen molar-refractivity contribution in [3.8, 4) is 6.07 Å². The van der Waals surface area contributed by atoms with E-state index in [0.29, 0.717) is 12.1 Å². The Balaban J connectivity index is 2.01. The molecule has 2 aromatic heterocycles. The second-order valence-electron chi connectivity index (χ2n) is 4.25. The van der Waals surface area contributed by atoms with Gasteiger partial charge in [-0.3, -0.25) is 9.36 Å². The molecule has 0 saturated heterocycles. The van der Waals surface area contributed by atoms with Crippen molar-refractivity contribution in [3.63, 3.8) is 0 Å². The van der Waals surface area contributed by atoms with Crippen LogP contribution in [0.1, 0.15) is 16.8 Å². The molecule has 0 aliphatic rings. The lowest BCUT2D eigenvalue weighted by Crippen LogP contribution is -2.13. The lowest BCUT2D eigenvalue weighted by molar-refractivity contribution is 0.633. The summed E-state index contributed by atoms with van der Waals surface area (Å²) in [6, 6.07) is 2.17. The van der Waals surface area contributed by atoms with Gasteiger partial charge < -0.3 is 5.32 Å². The molecule has 0 amide bonds. The van der Waals surface area contributed by atoms with Crippen molar-refractivity contribution in [2.45, 2.75) is 20.4 Å². The molecule has 18 heavy (non-hydrogen) atoms. The number of hydrogen-bond acceptors (Lipinski definition) is 4. The molecule has 6 nitrogen and oxygen atoms in total. The third-order valence-electron chi connectivity index (χ3n) is 2.73. The van der Waals surface area contributed by atoms with Crippen LogP contribution in [-0.2, 0) is 13.6 Å². The predicted molar refractivity (Wildman–Crippen MR) is 68.1 cm³/mol. The monoisotopic (exact) mass is 244 g/mol. The maximum Gasteiger partial charge on any atom is 0.142 e. The summed E-state index contributed by atoms with van der Waals surface area (Å²) in [6.07, 6.45) is 3.82. The molecule has 1 N–H and O–H groups in total. The van der Waals surface area contributed by atoms with Gasteiger partial charge in [-0.15, -0.1) is 0 Å². The zero-order chi connectivity index (χ0) is 13.1. The number of aryl methyl sites for hydroxylation is 3. The Bertz CT molecular complexity index is 586. The van der Waals surface area contributed by atoms with E-state index in [1.165, 1.54) is 0 Å². The van der Waals surface area contributed by atoms with Gasteiger partial charge in [0.15, 0.2) is 0 Å². The summed E-state index contributed by atoms with van der Waals surface area (Å²) in [6.45, 7) is 5.30. The summed E-state index contributed by atoms with van der Waals surface area (Å²) >= 11 is 0. The van der Waals surface area contributed by atoms with Crippen LogP contribution in [-0.4, -0.2) is 26.1 Å². The maximum absolute atomic E-state index is 9.07. The molecule has 2 aromatic rings. The maximum atomic E-state index is 9.07. The fraction of sp³-hybridized carbons (Fsp3) is 0.417. The molecule has 0 aromatic carbocycles. The average molecular weight is 244 g/mol. The van der Waals surface area contributed by atoms with E-state index >= 15 is 0 Å². The Labute approximate surface area is 106 Å². The fourth-order valence-corrected chi connectivity index (χ4v) is 1.87. The minimum Gasteiger partial charge on any atom is -0.367 e. The van der Waals surface area contributed by atoms with Gasteiger partial charge in [-0.25, -0.2) is 0 Å². The standard InChI is InChI=1S/C12H16N6/c1-9-7-15-18(8-9)5-4-14-12-11(6-13)10(2)16-17(12)3/h7-8,14H,4-5H2,1-3H3. The molecule has 6 heteroatoms. The van der Waals surface area contributed by atoms with Gasteiger partial charge >= 0.3 is 0 Å². The van der Waals surface area contributed by atoms with Crippen LogP contribution < -0.4 is 5.32 Å². The van der Waals surface area contributed by atoms with Gasteiger partial charge in [-0.1, -0.05) is 0 Å². The van der Waals surface area contributed by atoms with Gasteiger partial charge in [-0.05, 0) is 19.4 Å². The highest BCUT2D eigenvalue weighted by atomic mass is 15.3. The molecule has 0 saturated carbocycles. The van der Waals surface area contributed by atoms with Gasteiger partial charge in [0.25, 0.3) is 0 Å². The number of aromatic nitrogens is 4. The summed E-state index contributed by atoms with van der Waals surface area (Å²) in [5.74, 6) is 0.763. The van der Waals surface area contributed by atoms with Crippen LogP contribution in [0.2, 0.25) is 0 Å². The van der Waals surface area contributed by atoms with Gasteiger partial charge in [0.2, 0.25) is 0 Å². The summed E-state index contributed by atoms with van der Waals surface area (Å²) in [5, 5.41) is 20.7. The predicted octanol–water partition coefficient (Wildman–Crippen LogP) is 1.22. The molecule has 0 unspecified atom stereocenters. The van der Waals surface area contributed by atoms with Crippen LogP contribution in [0.3, 0.4) is 0 Å². The van der Waals surface area contributed by atoms with Gasteiger partial charge in [0.1, 0.15) is 17.5 Å². The zero-order valence-electron chi connectivity index (χ0n) is 10.8. The average Bonchev–Trinajstić information content (AvgIpc) is 2.84. The van der Waals surface area contributed by atoms with E-state index in [1.54, 1.807) is 4.68 Å². The van der Waals surface area contributed by atoms with Crippen LogP contribution >= 0.6 is 0 Å².